The molecule has 1 rings (SSSR count). The van der Waals surface area contributed by atoms with Crippen molar-refractivity contribution < 1.29 is 13.7 Å². The van der Waals surface area contributed by atoms with Crippen LogP contribution in [0.4, 0.5) is 4.79 Å². The first kappa shape index (κ1) is 27.4. The molecule has 1 saturated carbocycles. The van der Waals surface area contributed by atoms with Gasteiger partial charge in [-0.25, -0.2) is 4.79 Å². The zero-order valence-corrected chi connectivity index (χ0v) is 21.1. The van der Waals surface area contributed by atoms with Crippen LogP contribution in [0.15, 0.2) is 4.99 Å². The number of nitrogens with zero attached hydrogens (tertiary/aromatic N) is 1. The van der Waals surface area contributed by atoms with Gasteiger partial charge in [0.25, 0.3) is 0 Å². The Morgan fingerprint density at radius 2 is 2.00 bits per heavy atom. The van der Waals surface area contributed by atoms with Crippen LogP contribution in [-0.2, 0) is 15.5 Å². The van der Waals surface area contributed by atoms with Crippen molar-refractivity contribution >= 4 is 46.8 Å². The molecule has 0 bridgehead atoms. The summed E-state index contributed by atoms with van der Waals surface area (Å²) in [4.78, 5) is 16.1. The van der Waals surface area contributed by atoms with Crippen LogP contribution in [-0.4, -0.2) is 59.5 Å². The fourth-order valence-electron chi connectivity index (χ4n) is 3.46. The largest absolute Gasteiger partial charge is 0.450 e. The Labute approximate surface area is 190 Å². The molecule has 3 N–H and O–H groups in total. The number of hydrogen-bond acceptors (Lipinski definition) is 4. The Bertz CT molecular complexity index is 506. The molecule has 1 amide bonds. The molecule has 0 aromatic heterocycles. The molecule has 28 heavy (non-hydrogen) atoms. The molecule has 4 unspecified atom stereocenters. The second-order valence-electron chi connectivity index (χ2n) is 7.44. The van der Waals surface area contributed by atoms with Gasteiger partial charge in [-0.1, -0.05) is 27.2 Å². The molecule has 0 saturated heterocycles. The van der Waals surface area contributed by atoms with Gasteiger partial charge in [-0.05, 0) is 38.5 Å². The van der Waals surface area contributed by atoms with E-state index in [0.29, 0.717) is 19.1 Å². The lowest BCUT2D eigenvalue weighted by atomic mass is 9.95. The molecule has 1 aliphatic carbocycles. The molecule has 0 aromatic carbocycles. The third-order valence-corrected chi connectivity index (χ3v) is 6.46. The number of carbonyl (C=O) groups excluding carboxylic acids is 1. The van der Waals surface area contributed by atoms with Gasteiger partial charge in [0.15, 0.2) is 5.96 Å². The van der Waals surface area contributed by atoms with Gasteiger partial charge in [-0.2, -0.15) is 0 Å². The predicted octanol–water partition coefficient (Wildman–Crippen LogP) is 3.01. The van der Waals surface area contributed by atoms with Gasteiger partial charge in [0.2, 0.25) is 0 Å². The van der Waals surface area contributed by atoms with Crippen LogP contribution < -0.4 is 16.0 Å². The summed E-state index contributed by atoms with van der Waals surface area (Å²) < 4.78 is 17.1. The molecule has 0 spiro atoms. The van der Waals surface area contributed by atoms with E-state index in [4.69, 9.17) is 4.74 Å². The first-order valence-electron chi connectivity index (χ1n) is 10.2. The molecule has 0 heterocycles. The van der Waals surface area contributed by atoms with E-state index < -0.39 is 10.8 Å². The van der Waals surface area contributed by atoms with E-state index in [1.54, 1.807) is 14.0 Å². The van der Waals surface area contributed by atoms with Gasteiger partial charge in [-0.3, -0.25) is 9.20 Å². The van der Waals surface area contributed by atoms with E-state index in [-0.39, 0.29) is 47.4 Å². The van der Waals surface area contributed by atoms with Crippen molar-refractivity contribution in [2.24, 2.45) is 10.9 Å². The lowest BCUT2D eigenvalue weighted by molar-refractivity contribution is 0.146. The SMILES string of the molecule is CCOC(=O)NC(CNC(=NC)NC1CCCC(S(=O)CC)C1)CC(C)C.I. The number of carbonyl (C=O) groups is 1. The second kappa shape index (κ2) is 15.3. The average Bonchev–Trinajstić information content (AvgIpc) is 2.64. The molecule has 0 aromatic rings. The van der Waals surface area contributed by atoms with Crippen molar-refractivity contribution in [1.29, 1.82) is 0 Å². The van der Waals surface area contributed by atoms with Crippen LogP contribution in [0.3, 0.4) is 0 Å². The average molecular weight is 531 g/mol. The van der Waals surface area contributed by atoms with Crippen LogP contribution in [0.25, 0.3) is 0 Å². The maximum Gasteiger partial charge on any atom is 0.407 e. The van der Waals surface area contributed by atoms with Gasteiger partial charge in [0.1, 0.15) is 0 Å². The predicted molar refractivity (Wildman–Crippen MR) is 128 cm³/mol. The van der Waals surface area contributed by atoms with Crippen molar-refractivity contribution in [3.8, 4) is 0 Å². The zero-order chi connectivity index (χ0) is 20.2. The molecule has 1 aliphatic rings. The molecule has 7 nitrogen and oxygen atoms in total. The second-order valence-corrected chi connectivity index (χ2v) is 9.45. The number of alkyl carbamates (subject to hydrolysis) is 1. The Morgan fingerprint density at radius 1 is 1.29 bits per heavy atom. The lowest BCUT2D eigenvalue weighted by Crippen LogP contribution is -2.51. The number of halogens is 1. The maximum atomic E-state index is 12.1. The third kappa shape index (κ3) is 10.8. The summed E-state index contributed by atoms with van der Waals surface area (Å²) >= 11 is 0. The molecule has 1 fully saturated rings. The Balaban J connectivity index is 0.00000729. The summed E-state index contributed by atoms with van der Waals surface area (Å²) in [5.74, 6) is 1.90. The highest BCUT2D eigenvalue weighted by molar-refractivity contribution is 14.0. The van der Waals surface area contributed by atoms with Gasteiger partial charge in [-0.15, -0.1) is 24.0 Å². The molecule has 9 heteroatoms. The van der Waals surface area contributed by atoms with Crippen molar-refractivity contribution in [3.63, 3.8) is 0 Å². The Kier molecular flexibility index (Phi) is 15.0. The number of amides is 1. The number of ether oxygens (including phenoxy) is 1. The minimum atomic E-state index is -0.739. The van der Waals surface area contributed by atoms with Crippen LogP contribution >= 0.6 is 24.0 Å². The molecular weight excluding hydrogens is 491 g/mol. The summed E-state index contributed by atoms with van der Waals surface area (Å²) in [6.45, 7) is 8.97. The highest BCUT2D eigenvalue weighted by atomic mass is 127. The fraction of sp³-hybridized carbons (Fsp3) is 0.895. The fourth-order valence-corrected chi connectivity index (χ4v) is 4.81. The molecule has 166 valence electrons. The van der Waals surface area contributed by atoms with Crippen molar-refractivity contribution in [1.82, 2.24) is 16.0 Å². The summed E-state index contributed by atoms with van der Waals surface area (Å²) in [6.07, 6.45) is 4.58. The van der Waals surface area contributed by atoms with Crippen LogP contribution in [0.1, 0.15) is 59.8 Å². The molecule has 4 atom stereocenters. The molecular formula is C19H39IN4O3S. The lowest BCUT2D eigenvalue weighted by Gasteiger charge is -2.30. The summed E-state index contributed by atoms with van der Waals surface area (Å²) in [5.41, 5.74) is 0. The number of rotatable bonds is 9. The highest BCUT2D eigenvalue weighted by Gasteiger charge is 2.26. The number of guanidine groups is 1. The van der Waals surface area contributed by atoms with Gasteiger partial charge >= 0.3 is 6.09 Å². The molecule has 0 radical (unpaired) electrons. The normalized spacial score (nSPS) is 22.0. The first-order valence-corrected chi connectivity index (χ1v) is 11.5. The van der Waals surface area contributed by atoms with Crippen LogP contribution in [0, 0.1) is 5.92 Å². The quantitative estimate of drug-likeness (QED) is 0.242. The maximum absolute atomic E-state index is 12.1. The smallest absolute Gasteiger partial charge is 0.407 e. The molecule has 0 aliphatic heterocycles. The monoisotopic (exact) mass is 530 g/mol. The number of nitrogens with one attached hydrogen (secondary N) is 3. The van der Waals surface area contributed by atoms with Crippen molar-refractivity contribution in [3.05, 3.63) is 0 Å². The number of aliphatic imine (C=N–C) groups is 1. The minimum absolute atomic E-state index is 0. The van der Waals surface area contributed by atoms with E-state index >= 15 is 0 Å². The highest BCUT2D eigenvalue weighted by Crippen LogP contribution is 2.22. The van der Waals surface area contributed by atoms with Crippen LogP contribution in [0.5, 0.6) is 0 Å². The Morgan fingerprint density at radius 3 is 2.57 bits per heavy atom. The van der Waals surface area contributed by atoms with Crippen molar-refractivity contribution in [2.45, 2.75) is 77.1 Å². The summed E-state index contributed by atoms with van der Waals surface area (Å²) in [5, 5.41) is 9.97. The Hall–Kier alpha value is -0.580. The van der Waals surface area contributed by atoms with Gasteiger partial charge in [0.05, 0.1) is 6.61 Å². The third-order valence-electron chi connectivity index (χ3n) is 4.72. The van der Waals surface area contributed by atoms with Gasteiger partial charge < -0.3 is 20.7 Å². The zero-order valence-electron chi connectivity index (χ0n) is 18.0. The number of hydrogen-bond donors (Lipinski definition) is 3. The van der Waals surface area contributed by atoms with E-state index in [9.17, 15) is 9.00 Å². The summed E-state index contributed by atoms with van der Waals surface area (Å²) in [7, 11) is 1.01. The summed E-state index contributed by atoms with van der Waals surface area (Å²) in [6, 6.07) is 0.251. The van der Waals surface area contributed by atoms with E-state index in [0.717, 1.165) is 43.8 Å². The standard InChI is InChI=1S/C19H38N4O3S.HI/c1-6-26-19(24)23-16(11-14(3)4)13-21-18(20-5)22-15-9-8-10-17(12-15)27(25)7-2;/h14-17H,6-13H2,1-5H3,(H,23,24)(H2,20,21,22);1H. The first-order chi connectivity index (χ1) is 12.9. The van der Waals surface area contributed by atoms with Gasteiger partial charge in [0, 0.05) is 47.5 Å². The van der Waals surface area contributed by atoms with E-state index in [2.05, 4.69) is 34.8 Å². The minimum Gasteiger partial charge on any atom is -0.450 e. The van der Waals surface area contributed by atoms with Crippen molar-refractivity contribution in [2.75, 3.05) is 26.0 Å². The van der Waals surface area contributed by atoms with Crippen LogP contribution in [0.2, 0.25) is 0 Å². The van der Waals surface area contributed by atoms with E-state index in [1.165, 1.54) is 0 Å². The topological polar surface area (TPSA) is 91.8 Å². The van der Waals surface area contributed by atoms with E-state index in [1.807, 2.05) is 6.92 Å².